The lowest BCUT2D eigenvalue weighted by atomic mass is 9.90. The number of hydrogen-bond donors (Lipinski definition) is 0. The van der Waals surface area contributed by atoms with Crippen molar-refractivity contribution in [3.05, 3.63) is 70.5 Å². The Morgan fingerprint density at radius 3 is 2.35 bits per heavy atom. The van der Waals surface area contributed by atoms with Crippen molar-refractivity contribution in [3.63, 3.8) is 0 Å². The van der Waals surface area contributed by atoms with Gasteiger partial charge in [-0.25, -0.2) is 0 Å². The molecule has 0 atom stereocenters. The van der Waals surface area contributed by atoms with Gasteiger partial charge in [-0.3, -0.25) is 0 Å². The van der Waals surface area contributed by atoms with E-state index in [9.17, 15) is 0 Å². The van der Waals surface area contributed by atoms with Crippen LogP contribution in [0.1, 0.15) is 57.7 Å². The van der Waals surface area contributed by atoms with Gasteiger partial charge in [0, 0.05) is 0 Å². The summed E-state index contributed by atoms with van der Waals surface area (Å²) in [4.78, 5) is 0. The minimum Gasteiger partial charge on any atom is -0.0911 e. The molecule has 0 saturated heterocycles. The second-order valence-corrected chi connectivity index (χ2v) is 5.82. The van der Waals surface area contributed by atoms with E-state index in [-0.39, 0.29) is 0 Å². The summed E-state index contributed by atoms with van der Waals surface area (Å²) >= 11 is 0. The summed E-state index contributed by atoms with van der Waals surface area (Å²) in [5, 5.41) is 6.32. The largest absolute Gasteiger partial charge is 0.0911 e. The molecule has 0 unspecified atom stereocenters. The van der Waals surface area contributed by atoms with Crippen LogP contribution in [0, 0.1) is 0 Å². The summed E-state index contributed by atoms with van der Waals surface area (Å²) in [7, 11) is 0. The third kappa shape index (κ3) is 3.51. The highest BCUT2D eigenvalue weighted by Crippen LogP contribution is 2.34. The fraction of sp³-hybridized carbons (Fsp3) is 0.231. The van der Waals surface area contributed by atoms with Crippen LogP contribution in [-0.2, 0) is 0 Å². The Hall–Kier alpha value is -2.60. The molecular formula is C26H30. The van der Waals surface area contributed by atoms with Crippen LogP contribution in [0.2, 0.25) is 0 Å². The van der Waals surface area contributed by atoms with Crippen LogP contribution in [0.4, 0.5) is 0 Å². The summed E-state index contributed by atoms with van der Waals surface area (Å²) in [5.41, 5.74) is 3.88. The minimum atomic E-state index is 0.998. The summed E-state index contributed by atoms with van der Waals surface area (Å²) in [6, 6.07) is 11.1. The van der Waals surface area contributed by atoms with Crippen LogP contribution in [-0.4, -0.2) is 0 Å². The molecule has 0 aliphatic heterocycles. The van der Waals surface area contributed by atoms with E-state index in [2.05, 4.69) is 80.3 Å². The highest BCUT2D eigenvalue weighted by Gasteiger charge is 2.12. The van der Waals surface area contributed by atoms with Crippen LogP contribution in [0.3, 0.4) is 0 Å². The first-order valence-electron chi connectivity index (χ1n) is 9.76. The van der Waals surface area contributed by atoms with E-state index in [0.717, 1.165) is 11.6 Å². The number of benzene rings is 3. The summed E-state index contributed by atoms with van der Waals surface area (Å²) < 4.78 is 0. The quantitative estimate of drug-likeness (QED) is 0.426. The van der Waals surface area contributed by atoms with Crippen LogP contribution >= 0.6 is 0 Å². The van der Waals surface area contributed by atoms with Crippen molar-refractivity contribution >= 4 is 46.4 Å². The summed E-state index contributed by atoms with van der Waals surface area (Å²) in [5.74, 6) is 0. The second-order valence-electron chi connectivity index (χ2n) is 5.82. The molecule has 0 heteroatoms. The van der Waals surface area contributed by atoms with E-state index in [4.69, 9.17) is 0 Å². The first-order valence-corrected chi connectivity index (χ1v) is 9.76. The zero-order valence-corrected chi connectivity index (χ0v) is 16.8. The van der Waals surface area contributed by atoms with Gasteiger partial charge in [0.2, 0.25) is 0 Å². The van der Waals surface area contributed by atoms with Crippen molar-refractivity contribution < 1.29 is 0 Å². The Kier molecular flexibility index (Phi) is 6.97. The molecule has 26 heavy (non-hydrogen) atoms. The lowest BCUT2D eigenvalue weighted by Gasteiger charge is -2.14. The van der Waals surface area contributed by atoms with Gasteiger partial charge in [-0.05, 0) is 62.9 Å². The molecule has 0 fully saturated rings. The van der Waals surface area contributed by atoms with Gasteiger partial charge >= 0.3 is 0 Å². The molecule has 0 bridgehead atoms. The fourth-order valence-electron chi connectivity index (χ4n) is 3.47. The molecule has 134 valence electrons. The fourth-order valence-corrected chi connectivity index (χ4v) is 3.47. The van der Waals surface area contributed by atoms with Crippen LogP contribution < -0.4 is 5.22 Å². The number of allylic oxidation sites excluding steroid dienone is 3. The molecular weight excluding hydrogens is 312 g/mol. The third-order valence-corrected chi connectivity index (χ3v) is 4.42. The van der Waals surface area contributed by atoms with Gasteiger partial charge in [0.1, 0.15) is 0 Å². The van der Waals surface area contributed by atoms with Gasteiger partial charge in [0.25, 0.3) is 0 Å². The maximum Gasteiger partial charge on any atom is -0.00206 e. The lowest BCUT2D eigenvalue weighted by molar-refractivity contribution is 1.44. The van der Waals surface area contributed by atoms with Crippen LogP contribution in [0.5, 0.6) is 0 Å². The Labute approximate surface area is 158 Å². The van der Waals surface area contributed by atoms with Crippen molar-refractivity contribution in [1.29, 1.82) is 0 Å². The second kappa shape index (κ2) is 9.20. The molecule has 0 spiro atoms. The third-order valence-electron chi connectivity index (χ3n) is 4.42. The van der Waals surface area contributed by atoms with Crippen molar-refractivity contribution in [2.75, 3.05) is 0 Å². The van der Waals surface area contributed by atoms with Crippen molar-refractivity contribution in [1.82, 2.24) is 0 Å². The van der Waals surface area contributed by atoms with Crippen molar-refractivity contribution in [2.45, 2.75) is 41.0 Å². The van der Waals surface area contributed by atoms with Crippen molar-refractivity contribution in [3.8, 4) is 0 Å². The Morgan fingerprint density at radius 1 is 0.885 bits per heavy atom. The van der Waals surface area contributed by atoms with Gasteiger partial charge in [0.05, 0.1) is 0 Å². The maximum absolute atomic E-state index is 4.26. The molecule has 3 aromatic carbocycles. The highest BCUT2D eigenvalue weighted by atomic mass is 14.2. The molecule has 0 aromatic heterocycles. The van der Waals surface area contributed by atoms with Gasteiger partial charge in [-0.2, -0.15) is 0 Å². The molecule has 4 rings (SSSR count). The van der Waals surface area contributed by atoms with Crippen LogP contribution in [0.15, 0.2) is 48.6 Å². The monoisotopic (exact) mass is 342 g/mol. The molecule has 1 aliphatic carbocycles. The number of rotatable bonds is 1. The van der Waals surface area contributed by atoms with E-state index in [0.29, 0.717) is 0 Å². The van der Waals surface area contributed by atoms with E-state index in [1.165, 1.54) is 38.2 Å². The zero-order chi connectivity index (χ0) is 19.1. The molecule has 0 saturated carbocycles. The first kappa shape index (κ1) is 19.7. The van der Waals surface area contributed by atoms with Gasteiger partial charge in [-0.15, -0.1) is 0 Å². The Morgan fingerprint density at radius 2 is 1.62 bits per heavy atom. The van der Waals surface area contributed by atoms with Crippen LogP contribution in [0.25, 0.3) is 46.4 Å². The number of hydrogen-bond acceptors (Lipinski definition) is 0. The minimum absolute atomic E-state index is 0.998. The van der Waals surface area contributed by atoms with Gasteiger partial charge in [0.15, 0.2) is 0 Å². The predicted octanol–water partition coefficient (Wildman–Crippen LogP) is 7.64. The summed E-state index contributed by atoms with van der Waals surface area (Å²) in [6.07, 6.45) is 14.2. The summed E-state index contributed by atoms with van der Waals surface area (Å²) in [6.45, 7) is 14.3. The number of fused-ring (bicyclic) bond motifs is 2. The van der Waals surface area contributed by atoms with Crippen molar-refractivity contribution in [2.24, 2.45) is 0 Å². The molecule has 0 heterocycles. The van der Waals surface area contributed by atoms with E-state index < -0.39 is 0 Å². The molecule has 0 nitrogen and oxygen atoms in total. The van der Waals surface area contributed by atoms with Gasteiger partial charge < -0.3 is 0 Å². The average Bonchev–Trinajstić information content (AvgIpc) is 2.94. The van der Waals surface area contributed by atoms with E-state index >= 15 is 0 Å². The standard InChI is InChI=1S/C22H18.2C2H6/c1-3-7-16-12-13-20-19-9-6-4-5-8-17(19)14-18-11-10-15(2)21(16)22(18)20;2*1-2/h3,5-14H,2,4H2,1H3;2*1-2H3/b7-3-;;. The molecule has 0 amide bonds. The molecule has 0 radical (unpaired) electrons. The smallest absolute Gasteiger partial charge is 0.00206 e. The lowest BCUT2D eigenvalue weighted by Crippen LogP contribution is -2.02. The van der Waals surface area contributed by atoms with E-state index in [1.54, 1.807) is 0 Å². The van der Waals surface area contributed by atoms with Gasteiger partial charge in [-0.1, -0.05) is 95.0 Å². The SMILES string of the molecule is C=c1ccc2cc3c(c4ccc(/C=C\C)c1c24)C=CCC=C3.CC.CC. The predicted molar refractivity (Wildman–Crippen MR) is 122 cm³/mol. The average molecular weight is 343 g/mol. The zero-order valence-electron chi connectivity index (χ0n) is 16.8. The molecule has 3 aromatic rings. The maximum atomic E-state index is 4.26. The Balaban J connectivity index is 0.000000570. The topological polar surface area (TPSA) is 0 Å². The Bertz CT molecular complexity index is 1010. The normalized spacial score (nSPS) is 12.3. The highest BCUT2D eigenvalue weighted by molar-refractivity contribution is 6.16. The molecule has 0 N–H and O–H groups in total. The molecule has 1 aliphatic rings. The first-order chi connectivity index (χ1) is 12.8. The van der Waals surface area contributed by atoms with E-state index in [1.807, 2.05) is 27.7 Å².